The summed E-state index contributed by atoms with van der Waals surface area (Å²) in [6, 6.07) is 7.92. The number of thiophene rings is 1. The molecule has 2 fully saturated rings. The first-order chi connectivity index (χ1) is 13.9. The van der Waals surface area contributed by atoms with Crippen LogP contribution in [0.1, 0.15) is 42.2 Å². The highest BCUT2D eigenvalue weighted by molar-refractivity contribution is 7.10. The predicted octanol–water partition coefficient (Wildman–Crippen LogP) is 5.14. The number of carbonyl (C=O) groups is 1. The summed E-state index contributed by atoms with van der Waals surface area (Å²) >= 11 is 1.67. The number of alkyl halides is 3. The Morgan fingerprint density at radius 2 is 1.93 bits per heavy atom. The molecule has 1 N–H and O–H groups in total. The molecule has 1 aromatic carbocycles. The van der Waals surface area contributed by atoms with Gasteiger partial charge in [-0.15, -0.1) is 11.3 Å². The lowest BCUT2D eigenvalue weighted by atomic mass is 10.1. The number of amides is 1. The second-order valence-electron chi connectivity index (χ2n) is 7.62. The molecular weight excluding hydrogens is 399 g/mol. The Morgan fingerprint density at radius 1 is 1.14 bits per heavy atom. The molecular formula is C21H24F3N3OS. The third-order valence-corrected chi connectivity index (χ3v) is 6.60. The van der Waals surface area contributed by atoms with Gasteiger partial charge in [0.2, 0.25) is 5.91 Å². The number of hydrogen-bond donors (Lipinski definition) is 1. The second kappa shape index (κ2) is 8.36. The van der Waals surface area contributed by atoms with Crippen LogP contribution < -0.4 is 10.2 Å². The van der Waals surface area contributed by atoms with E-state index in [1.54, 1.807) is 11.3 Å². The van der Waals surface area contributed by atoms with E-state index in [-0.39, 0.29) is 24.2 Å². The summed E-state index contributed by atoms with van der Waals surface area (Å²) in [6.45, 7) is 2.58. The standard InChI is InChI=1S/C21H24F3N3OS/c22-21(23,24)15-7-8-17(26-9-1-2-10-26)16(13-15)25-20(28)14-27-11-3-5-18(27)19-6-4-12-29-19/h4,6-8,12-13,18H,1-3,5,9-11,14H2,(H,25,28). The molecule has 8 heteroatoms. The number of halogens is 3. The summed E-state index contributed by atoms with van der Waals surface area (Å²) in [5.41, 5.74) is 0.173. The largest absolute Gasteiger partial charge is 0.416 e. The molecule has 2 aliphatic heterocycles. The van der Waals surface area contributed by atoms with Gasteiger partial charge in [0.05, 0.1) is 23.5 Å². The van der Waals surface area contributed by atoms with Gasteiger partial charge in [0.25, 0.3) is 0 Å². The van der Waals surface area contributed by atoms with Gasteiger partial charge >= 0.3 is 6.18 Å². The van der Waals surface area contributed by atoms with Crippen LogP contribution >= 0.6 is 11.3 Å². The van der Waals surface area contributed by atoms with Crippen molar-refractivity contribution in [2.45, 2.75) is 37.9 Å². The van der Waals surface area contributed by atoms with Crippen molar-refractivity contribution in [1.82, 2.24) is 4.90 Å². The zero-order valence-electron chi connectivity index (χ0n) is 16.0. The van der Waals surface area contributed by atoms with Crippen molar-refractivity contribution in [1.29, 1.82) is 0 Å². The van der Waals surface area contributed by atoms with Crippen molar-refractivity contribution < 1.29 is 18.0 Å². The van der Waals surface area contributed by atoms with Crippen LogP contribution in [0.5, 0.6) is 0 Å². The summed E-state index contributed by atoms with van der Waals surface area (Å²) in [5, 5.41) is 4.80. The Kier molecular flexibility index (Phi) is 5.83. The molecule has 4 nitrogen and oxygen atoms in total. The molecule has 29 heavy (non-hydrogen) atoms. The molecule has 1 atom stereocenters. The van der Waals surface area contributed by atoms with Crippen molar-refractivity contribution in [3.8, 4) is 0 Å². The minimum Gasteiger partial charge on any atom is -0.370 e. The Hall–Kier alpha value is -2.06. The van der Waals surface area contributed by atoms with E-state index in [0.717, 1.165) is 57.5 Å². The topological polar surface area (TPSA) is 35.6 Å². The van der Waals surface area contributed by atoms with Gasteiger partial charge in [-0.2, -0.15) is 13.2 Å². The van der Waals surface area contributed by atoms with Crippen molar-refractivity contribution in [3.63, 3.8) is 0 Å². The molecule has 0 spiro atoms. The summed E-state index contributed by atoms with van der Waals surface area (Å²) < 4.78 is 39.7. The van der Waals surface area contributed by atoms with Crippen LogP contribution in [0, 0.1) is 0 Å². The van der Waals surface area contributed by atoms with E-state index >= 15 is 0 Å². The molecule has 4 rings (SSSR count). The Labute approximate surface area is 172 Å². The summed E-state index contributed by atoms with van der Waals surface area (Å²) in [7, 11) is 0. The molecule has 2 aromatic rings. The average Bonchev–Trinajstić information content (AvgIpc) is 3.43. The molecule has 3 heterocycles. The van der Waals surface area contributed by atoms with E-state index in [2.05, 4.69) is 16.3 Å². The molecule has 0 bridgehead atoms. The smallest absolute Gasteiger partial charge is 0.370 e. The van der Waals surface area contributed by atoms with Gasteiger partial charge in [-0.25, -0.2) is 0 Å². The van der Waals surface area contributed by atoms with E-state index in [1.807, 2.05) is 16.3 Å². The lowest BCUT2D eigenvalue weighted by Crippen LogP contribution is -2.33. The summed E-state index contributed by atoms with van der Waals surface area (Å²) in [4.78, 5) is 18.1. The van der Waals surface area contributed by atoms with Crippen molar-refractivity contribution in [2.24, 2.45) is 0 Å². The van der Waals surface area contributed by atoms with E-state index < -0.39 is 11.7 Å². The van der Waals surface area contributed by atoms with Crippen LogP contribution in [-0.2, 0) is 11.0 Å². The molecule has 1 aromatic heterocycles. The van der Waals surface area contributed by atoms with E-state index in [4.69, 9.17) is 0 Å². The third kappa shape index (κ3) is 4.59. The molecule has 1 amide bonds. The molecule has 2 aliphatic rings. The Bertz CT molecular complexity index is 847. The number of nitrogens with zero attached hydrogens (tertiary/aromatic N) is 2. The monoisotopic (exact) mass is 423 g/mol. The Balaban J connectivity index is 1.51. The summed E-state index contributed by atoms with van der Waals surface area (Å²) in [6.07, 6.45) is -0.424. The molecule has 0 radical (unpaired) electrons. The predicted molar refractivity (Wildman–Crippen MR) is 109 cm³/mol. The number of anilines is 2. The van der Waals surface area contributed by atoms with Crippen LogP contribution in [0.15, 0.2) is 35.7 Å². The maximum Gasteiger partial charge on any atom is 0.416 e. The first-order valence-electron chi connectivity index (χ1n) is 9.95. The average molecular weight is 424 g/mol. The molecule has 0 aliphatic carbocycles. The van der Waals surface area contributed by atoms with Gasteiger partial charge in [-0.1, -0.05) is 6.07 Å². The van der Waals surface area contributed by atoms with Crippen LogP contribution in [0.25, 0.3) is 0 Å². The number of benzene rings is 1. The van der Waals surface area contributed by atoms with Crippen LogP contribution in [0.2, 0.25) is 0 Å². The molecule has 2 saturated heterocycles. The fraction of sp³-hybridized carbons (Fsp3) is 0.476. The fourth-order valence-corrected chi connectivity index (χ4v) is 5.13. The van der Waals surface area contributed by atoms with Gasteiger partial charge in [0, 0.05) is 24.0 Å². The number of carbonyl (C=O) groups excluding carboxylic acids is 1. The van der Waals surface area contributed by atoms with E-state index in [1.165, 1.54) is 10.9 Å². The second-order valence-corrected chi connectivity index (χ2v) is 8.60. The number of likely N-dealkylation sites (tertiary alicyclic amines) is 1. The minimum atomic E-state index is -4.44. The molecule has 156 valence electrons. The zero-order chi connectivity index (χ0) is 20.4. The van der Waals surface area contributed by atoms with E-state index in [0.29, 0.717) is 5.69 Å². The first-order valence-corrected chi connectivity index (χ1v) is 10.8. The maximum atomic E-state index is 13.2. The minimum absolute atomic E-state index is 0.179. The number of nitrogens with one attached hydrogen (secondary N) is 1. The highest BCUT2D eigenvalue weighted by Crippen LogP contribution is 2.37. The quantitative estimate of drug-likeness (QED) is 0.723. The zero-order valence-corrected chi connectivity index (χ0v) is 16.9. The van der Waals surface area contributed by atoms with Gasteiger partial charge < -0.3 is 10.2 Å². The third-order valence-electron chi connectivity index (χ3n) is 5.63. The lowest BCUT2D eigenvalue weighted by molar-refractivity contribution is -0.137. The van der Waals surface area contributed by atoms with Crippen molar-refractivity contribution in [2.75, 3.05) is 36.4 Å². The lowest BCUT2D eigenvalue weighted by Gasteiger charge is -2.25. The van der Waals surface area contributed by atoms with Gasteiger partial charge in [-0.3, -0.25) is 9.69 Å². The van der Waals surface area contributed by atoms with Crippen molar-refractivity contribution in [3.05, 3.63) is 46.2 Å². The number of rotatable bonds is 5. The first kappa shape index (κ1) is 20.2. The van der Waals surface area contributed by atoms with Crippen LogP contribution in [0.3, 0.4) is 0 Å². The fourth-order valence-electron chi connectivity index (χ4n) is 4.24. The van der Waals surface area contributed by atoms with E-state index in [9.17, 15) is 18.0 Å². The summed E-state index contributed by atoms with van der Waals surface area (Å²) in [5.74, 6) is -0.270. The van der Waals surface area contributed by atoms with Crippen LogP contribution in [-0.4, -0.2) is 37.0 Å². The highest BCUT2D eigenvalue weighted by atomic mass is 32.1. The van der Waals surface area contributed by atoms with Crippen molar-refractivity contribution >= 4 is 28.6 Å². The molecule has 0 saturated carbocycles. The normalized spacial score (nSPS) is 20.4. The maximum absolute atomic E-state index is 13.2. The SMILES string of the molecule is O=C(CN1CCCC1c1cccs1)Nc1cc(C(F)(F)F)ccc1N1CCCC1. The number of hydrogen-bond acceptors (Lipinski definition) is 4. The van der Waals surface area contributed by atoms with Gasteiger partial charge in [0.1, 0.15) is 0 Å². The Morgan fingerprint density at radius 3 is 2.62 bits per heavy atom. The molecule has 1 unspecified atom stereocenters. The van der Waals surface area contributed by atoms with Gasteiger partial charge in [-0.05, 0) is 61.9 Å². The van der Waals surface area contributed by atoms with Crippen LogP contribution in [0.4, 0.5) is 24.5 Å². The van der Waals surface area contributed by atoms with Gasteiger partial charge in [0.15, 0.2) is 0 Å². The highest BCUT2D eigenvalue weighted by Gasteiger charge is 2.32.